The highest BCUT2D eigenvalue weighted by Crippen LogP contribution is 2.46. The summed E-state index contributed by atoms with van der Waals surface area (Å²) in [6.45, 7) is 2.60. The van der Waals surface area contributed by atoms with E-state index in [9.17, 15) is 24.3 Å². The molecule has 2 fully saturated rings. The first-order chi connectivity index (χ1) is 26.6. The largest absolute Gasteiger partial charge is 0.508 e. The van der Waals surface area contributed by atoms with Gasteiger partial charge in [0.15, 0.2) is 0 Å². The third kappa shape index (κ3) is 6.11. The number of anilines is 2. The molecule has 14 heteroatoms. The molecular formula is C41H44N6O8. The minimum absolute atomic E-state index is 0.00952. The monoisotopic (exact) mass is 748 g/mol. The van der Waals surface area contributed by atoms with Crippen molar-refractivity contribution in [2.75, 3.05) is 43.1 Å². The Hall–Kier alpha value is -5.66. The third-order valence-electron chi connectivity index (χ3n) is 12.3. The lowest BCUT2D eigenvalue weighted by Crippen LogP contribution is -2.44. The predicted molar refractivity (Wildman–Crippen MR) is 201 cm³/mol. The number of nitrogens with one attached hydrogen (secondary N) is 2. The number of esters is 2. The van der Waals surface area contributed by atoms with Gasteiger partial charge < -0.3 is 29.1 Å². The van der Waals surface area contributed by atoms with Crippen LogP contribution in [0.15, 0.2) is 46.0 Å². The Morgan fingerprint density at radius 1 is 0.655 bits per heavy atom. The van der Waals surface area contributed by atoms with Gasteiger partial charge in [0.05, 0.1) is 29.6 Å². The molecule has 55 heavy (non-hydrogen) atoms. The highest BCUT2D eigenvalue weighted by molar-refractivity contribution is 5.96. The first-order valence-corrected chi connectivity index (χ1v) is 19.4. The molecule has 3 N–H and O–H groups in total. The quantitative estimate of drug-likeness (QED) is 0.253. The van der Waals surface area contributed by atoms with Crippen molar-refractivity contribution < 1.29 is 28.9 Å². The molecule has 2 saturated heterocycles. The number of methoxy groups -OCH3 is 1. The second kappa shape index (κ2) is 13.6. The van der Waals surface area contributed by atoms with Gasteiger partial charge in [-0.25, -0.2) is 19.6 Å². The van der Waals surface area contributed by atoms with Crippen molar-refractivity contribution in [2.45, 2.75) is 88.3 Å². The van der Waals surface area contributed by atoms with Crippen LogP contribution in [0.5, 0.6) is 11.5 Å². The Kier molecular flexibility index (Phi) is 8.65. The molecule has 0 atom stereocenters. The number of fused-ring (bicyclic) bond motifs is 6. The fourth-order valence-corrected chi connectivity index (χ4v) is 9.27. The summed E-state index contributed by atoms with van der Waals surface area (Å²) in [5.74, 6) is 1.31. The number of aryl methyl sites for hydroxylation is 2. The molecule has 0 bridgehead atoms. The molecule has 286 valence electrons. The van der Waals surface area contributed by atoms with Gasteiger partial charge in [0.2, 0.25) is 11.9 Å². The lowest BCUT2D eigenvalue weighted by Gasteiger charge is -2.39. The third-order valence-corrected chi connectivity index (χ3v) is 12.3. The second-order valence-corrected chi connectivity index (χ2v) is 15.4. The molecule has 2 aliphatic carbocycles. The van der Waals surface area contributed by atoms with Crippen LogP contribution in [0.25, 0.3) is 0 Å². The first kappa shape index (κ1) is 35.1. The van der Waals surface area contributed by atoms with Crippen LogP contribution in [0, 0.1) is 0 Å². The number of benzene rings is 2. The number of H-pyrrole nitrogens is 2. The Morgan fingerprint density at radius 2 is 1.11 bits per heavy atom. The number of hydrogen-bond donors (Lipinski definition) is 3. The van der Waals surface area contributed by atoms with E-state index in [0.29, 0.717) is 80.6 Å². The Balaban J connectivity index is 0.000000144. The molecule has 2 spiro atoms. The number of carbonyl (C=O) groups is 2. The van der Waals surface area contributed by atoms with Crippen molar-refractivity contribution in [3.8, 4) is 11.5 Å². The molecule has 4 aliphatic heterocycles. The zero-order chi connectivity index (χ0) is 37.9. The summed E-state index contributed by atoms with van der Waals surface area (Å²) < 4.78 is 16.8. The maximum absolute atomic E-state index is 12.4. The van der Waals surface area contributed by atoms with Crippen molar-refractivity contribution in [1.82, 2.24) is 19.9 Å². The molecule has 10 rings (SSSR count). The van der Waals surface area contributed by atoms with Gasteiger partial charge >= 0.3 is 11.9 Å². The molecule has 2 aromatic carbocycles. The average molecular weight is 749 g/mol. The van der Waals surface area contributed by atoms with Crippen LogP contribution in [0.1, 0.15) is 106 Å². The number of phenols is 1. The minimum Gasteiger partial charge on any atom is -0.508 e. The lowest BCUT2D eigenvalue weighted by molar-refractivity contribution is -0.0220. The molecule has 14 nitrogen and oxygen atoms in total. The van der Waals surface area contributed by atoms with Gasteiger partial charge in [-0.3, -0.25) is 19.6 Å². The lowest BCUT2D eigenvalue weighted by atomic mass is 9.84. The second-order valence-electron chi connectivity index (χ2n) is 15.4. The first-order valence-electron chi connectivity index (χ1n) is 19.4. The zero-order valence-electron chi connectivity index (χ0n) is 30.9. The Morgan fingerprint density at radius 3 is 1.60 bits per heavy atom. The van der Waals surface area contributed by atoms with Crippen LogP contribution < -0.4 is 25.7 Å². The smallest absolute Gasteiger partial charge is 0.339 e. The summed E-state index contributed by atoms with van der Waals surface area (Å²) in [4.78, 5) is 69.0. The zero-order valence-corrected chi connectivity index (χ0v) is 30.9. The number of hydrogen-bond acceptors (Lipinski definition) is 12. The number of aromatic hydroxyl groups is 1. The van der Waals surface area contributed by atoms with Crippen LogP contribution in [0.2, 0.25) is 0 Å². The van der Waals surface area contributed by atoms with Crippen molar-refractivity contribution in [2.24, 2.45) is 0 Å². The number of piperidine rings is 2. The number of aromatic nitrogens is 4. The van der Waals surface area contributed by atoms with Crippen LogP contribution in [0.3, 0.4) is 0 Å². The number of rotatable bonds is 3. The molecule has 6 aliphatic rings. The van der Waals surface area contributed by atoms with Crippen molar-refractivity contribution in [3.63, 3.8) is 0 Å². The highest BCUT2D eigenvalue weighted by atomic mass is 16.6. The maximum Gasteiger partial charge on any atom is 0.339 e. The molecule has 0 radical (unpaired) electrons. The molecule has 4 aromatic rings. The molecule has 0 amide bonds. The summed E-state index contributed by atoms with van der Waals surface area (Å²) in [7, 11) is 1.59. The minimum atomic E-state index is -0.648. The van der Waals surface area contributed by atoms with Crippen molar-refractivity contribution in [3.05, 3.63) is 102 Å². The van der Waals surface area contributed by atoms with E-state index in [2.05, 4.69) is 19.8 Å². The average Bonchev–Trinajstić information content (AvgIpc) is 3.62. The summed E-state index contributed by atoms with van der Waals surface area (Å²) in [5.41, 5.74) is 5.08. The molecule has 6 heterocycles. The number of phenolic OH excluding ortho intramolecular Hbond substituents is 1. The Labute approximate surface area is 316 Å². The molecule has 0 saturated carbocycles. The summed E-state index contributed by atoms with van der Waals surface area (Å²) in [6, 6.07) is 10.4. The fourth-order valence-electron chi connectivity index (χ4n) is 9.27. The molecule has 2 aromatic heterocycles. The topological polar surface area (TPSA) is 180 Å². The van der Waals surface area contributed by atoms with Crippen LogP contribution in [-0.4, -0.2) is 70.3 Å². The maximum atomic E-state index is 12.4. The summed E-state index contributed by atoms with van der Waals surface area (Å²) in [5, 5.41) is 9.66. The van der Waals surface area contributed by atoms with Gasteiger partial charge in [-0.1, -0.05) is 12.1 Å². The number of carbonyl (C=O) groups excluding carboxylic acids is 2. The van der Waals surface area contributed by atoms with Gasteiger partial charge in [0.1, 0.15) is 22.7 Å². The summed E-state index contributed by atoms with van der Waals surface area (Å²) >= 11 is 0. The SMILES string of the molecule is COc1ccc2c(c1)C(=O)OC21CCN(c2nc3c(c(=O)[nH]2)CCCC3)CC1.O=C1OC2(CCN(c3nc4c(c(=O)[nH]3)CCCC4)CC2)c2ccc(O)cc21. The molecule has 0 unspecified atom stereocenters. The van der Waals surface area contributed by atoms with E-state index < -0.39 is 11.2 Å². The van der Waals surface area contributed by atoms with E-state index in [1.807, 2.05) is 12.1 Å². The van der Waals surface area contributed by atoms with E-state index in [1.54, 1.807) is 25.3 Å². The number of aromatic amines is 2. The van der Waals surface area contributed by atoms with E-state index in [4.69, 9.17) is 24.2 Å². The standard InChI is InChI=1S/C21H23N3O4.C20H21N3O4/c1-27-13-6-7-16-15(12-13)19(26)28-21(16)8-10-24(11-9-21)20-22-17-5-3-2-4-14(17)18(25)23-20;24-12-5-6-15-14(11-12)18(26)27-20(15)7-9-23(10-8-20)19-21-16-4-2-1-3-13(16)17(25)22-19/h6-7,12H,2-5,8-11H2,1H3,(H,22,23,25);5-6,11,24H,1-4,7-10H2,(H,21,22,25). The number of nitrogens with zero attached hydrogens (tertiary/aromatic N) is 4. The molecular weight excluding hydrogens is 704 g/mol. The van der Waals surface area contributed by atoms with Crippen LogP contribution >= 0.6 is 0 Å². The van der Waals surface area contributed by atoms with Crippen molar-refractivity contribution in [1.29, 1.82) is 0 Å². The van der Waals surface area contributed by atoms with Gasteiger partial charge in [-0.15, -0.1) is 0 Å². The van der Waals surface area contributed by atoms with Gasteiger partial charge in [0, 0.05) is 74.1 Å². The van der Waals surface area contributed by atoms with Gasteiger partial charge in [0.25, 0.3) is 11.1 Å². The van der Waals surface area contributed by atoms with Crippen molar-refractivity contribution >= 4 is 23.8 Å². The van der Waals surface area contributed by atoms with E-state index in [1.165, 1.54) is 6.07 Å². The van der Waals surface area contributed by atoms with E-state index in [0.717, 1.165) is 85.0 Å². The van der Waals surface area contributed by atoms with Crippen LogP contribution in [-0.2, 0) is 46.4 Å². The van der Waals surface area contributed by atoms with E-state index in [-0.39, 0.29) is 28.8 Å². The normalized spacial score (nSPS) is 20.1. The number of ether oxygens (including phenoxy) is 3. The Bertz CT molecular complexity index is 2320. The predicted octanol–water partition coefficient (Wildman–Crippen LogP) is 4.34. The van der Waals surface area contributed by atoms with Gasteiger partial charge in [-0.2, -0.15) is 0 Å². The van der Waals surface area contributed by atoms with Gasteiger partial charge in [-0.05, 0) is 75.6 Å². The highest BCUT2D eigenvalue weighted by Gasteiger charge is 2.49. The summed E-state index contributed by atoms with van der Waals surface area (Å²) in [6.07, 6.45) is 10.2. The van der Waals surface area contributed by atoms with Crippen LogP contribution in [0.4, 0.5) is 11.9 Å². The fraction of sp³-hybridized carbons (Fsp3) is 0.463. The van der Waals surface area contributed by atoms with E-state index >= 15 is 0 Å².